The second kappa shape index (κ2) is 13.1. The van der Waals surface area contributed by atoms with Crippen molar-refractivity contribution in [3.63, 3.8) is 0 Å². The number of aliphatic hydroxyl groups is 1. The van der Waals surface area contributed by atoms with Gasteiger partial charge >= 0.3 is 0 Å². The molecule has 1 N–H and O–H groups in total. The minimum atomic E-state index is 0.0540. The lowest BCUT2D eigenvalue weighted by Crippen LogP contribution is -2.16. The Morgan fingerprint density at radius 1 is 0.727 bits per heavy atom. The number of hydrogen-bond acceptors (Lipinski definition) is 4. The summed E-state index contributed by atoms with van der Waals surface area (Å²) >= 11 is 0. The number of hydrogen-bond donors (Lipinski definition) is 1. The van der Waals surface area contributed by atoms with Gasteiger partial charge in [0.25, 0.3) is 0 Å². The maximum absolute atomic E-state index is 8.82. The highest BCUT2D eigenvalue weighted by molar-refractivity contribution is 5.64. The molecule has 2 aliphatic rings. The van der Waals surface area contributed by atoms with Crippen molar-refractivity contribution in [2.45, 2.75) is 76.4 Å². The van der Waals surface area contributed by atoms with Crippen molar-refractivity contribution >= 4 is 0 Å². The van der Waals surface area contributed by atoms with Gasteiger partial charge in [-0.2, -0.15) is 0 Å². The second-order valence-corrected chi connectivity index (χ2v) is 9.60. The zero-order chi connectivity index (χ0) is 22.7. The van der Waals surface area contributed by atoms with Crippen LogP contribution in [-0.4, -0.2) is 37.8 Å². The summed E-state index contributed by atoms with van der Waals surface area (Å²) in [6, 6.07) is 17.6. The summed E-state index contributed by atoms with van der Waals surface area (Å²) in [5.74, 6) is 2.46. The molecule has 33 heavy (non-hydrogen) atoms. The zero-order valence-corrected chi connectivity index (χ0v) is 19.9. The van der Waals surface area contributed by atoms with Crippen LogP contribution in [0.15, 0.2) is 48.5 Å². The average molecular weight is 453 g/mol. The molecule has 0 aromatic heterocycles. The first-order valence-corrected chi connectivity index (χ1v) is 13.0. The van der Waals surface area contributed by atoms with Gasteiger partial charge in [0, 0.05) is 6.61 Å². The molecule has 1 saturated carbocycles. The van der Waals surface area contributed by atoms with Crippen LogP contribution in [0.2, 0.25) is 0 Å². The lowest BCUT2D eigenvalue weighted by atomic mass is 9.77. The topological polar surface area (TPSA) is 47.9 Å². The highest BCUT2D eigenvalue weighted by Gasteiger charge is 2.24. The number of aliphatic hydroxyl groups excluding tert-OH is 1. The van der Waals surface area contributed by atoms with E-state index >= 15 is 0 Å². The molecule has 2 fully saturated rings. The molecule has 0 unspecified atom stereocenters. The molecule has 1 aliphatic heterocycles. The van der Waals surface area contributed by atoms with Gasteiger partial charge < -0.3 is 19.3 Å². The van der Waals surface area contributed by atoms with E-state index in [1.807, 2.05) is 0 Å². The van der Waals surface area contributed by atoms with Gasteiger partial charge in [-0.15, -0.1) is 0 Å². The van der Waals surface area contributed by atoms with E-state index in [0.29, 0.717) is 5.92 Å². The van der Waals surface area contributed by atoms with Gasteiger partial charge in [0.2, 0.25) is 0 Å². The maximum atomic E-state index is 8.82. The van der Waals surface area contributed by atoms with Gasteiger partial charge in [0.1, 0.15) is 5.75 Å². The van der Waals surface area contributed by atoms with E-state index in [9.17, 15) is 0 Å². The Labute approximate surface area is 199 Å². The molecule has 2 aromatic rings. The van der Waals surface area contributed by atoms with Crippen molar-refractivity contribution in [3.05, 3.63) is 54.1 Å². The molecule has 1 heterocycles. The first-order valence-electron chi connectivity index (χ1n) is 13.0. The van der Waals surface area contributed by atoms with Gasteiger partial charge in [0.15, 0.2) is 6.29 Å². The van der Waals surface area contributed by atoms with Gasteiger partial charge in [-0.05, 0) is 98.4 Å². The molecule has 4 rings (SSSR count). The first kappa shape index (κ1) is 24.3. The van der Waals surface area contributed by atoms with Crippen LogP contribution in [0.1, 0.15) is 75.7 Å². The van der Waals surface area contributed by atoms with Gasteiger partial charge in [-0.3, -0.25) is 0 Å². The number of benzene rings is 2. The van der Waals surface area contributed by atoms with Crippen LogP contribution < -0.4 is 4.74 Å². The smallest absolute Gasteiger partial charge is 0.157 e. The van der Waals surface area contributed by atoms with Crippen molar-refractivity contribution < 1.29 is 19.3 Å². The quantitative estimate of drug-likeness (QED) is 0.364. The molecule has 0 spiro atoms. The Bertz CT molecular complexity index is 787. The normalized spacial score (nSPS) is 21.4. The fourth-order valence-electron chi connectivity index (χ4n) is 5.18. The monoisotopic (exact) mass is 452 g/mol. The molecule has 180 valence electrons. The summed E-state index contributed by atoms with van der Waals surface area (Å²) < 4.78 is 17.0. The van der Waals surface area contributed by atoms with Crippen molar-refractivity contribution in [1.82, 2.24) is 0 Å². The molecule has 4 nitrogen and oxygen atoms in total. The fraction of sp³-hybridized carbons (Fsp3) is 0.586. The summed E-state index contributed by atoms with van der Waals surface area (Å²) in [5.41, 5.74) is 3.98. The SMILES string of the molecule is OCCCCCCOc1ccc(-c2ccc(C3CCC(CCC4OCCO4)CC3)cc2)cc1. The summed E-state index contributed by atoms with van der Waals surface area (Å²) in [6.45, 7) is 2.55. The average Bonchev–Trinajstić information content (AvgIpc) is 3.40. The van der Waals surface area contributed by atoms with Crippen LogP contribution in [0.25, 0.3) is 11.1 Å². The second-order valence-electron chi connectivity index (χ2n) is 9.60. The van der Waals surface area contributed by atoms with E-state index < -0.39 is 0 Å². The van der Waals surface area contributed by atoms with Crippen molar-refractivity contribution in [2.75, 3.05) is 26.4 Å². The van der Waals surface area contributed by atoms with Crippen LogP contribution >= 0.6 is 0 Å². The van der Waals surface area contributed by atoms with Crippen molar-refractivity contribution in [3.8, 4) is 16.9 Å². The lowest BCUT2D eigenvalue weighted by molar-refractivity contribution is -0.0509. The van der Waals surface area contributed by atoms with Crippen LogP contribution in [0.4, 0.5) is 0 Å². The maximum Gasteiger partial charge on any atom is 0.157 e. The Morgan fingerprint density at radius 2 is 1.36 bits per heavy atom. The Balaban J connectivity index is 1.19. The van der Waals surface area contributed by atoms with Crippen LogP contribution in [-0.2, 0) is 9.47 Å². The molecule has 0 atom stereocenters. The third-order valence-electron chi connectivity index (χ3n) is 7.24. The summed E-state index contributed by atoms with van der Waals surface area (Å²) in [5, 5.41) is 8.82. The zero-order valence-electron chi connectivity index (χ0n) is 19.9. The minimum absolute atomic E-state index is 0.0540. The standard InChI is InChI=1S/C29H40O4/c30-19-3-1-2-4-20-31-28-16-14-27(15-17-28)26-12-10-25(11-13-26)24-8-5-23(6-9-24)7-18-29-32-21-22-33-29/h10-17,23-24,29-30H,1-9,18-22H2. The Kier molecular flexibility index (Phi) is 9.64. The third kappa shape index (κ3) is 7.56. The van der Waals surface area contributed by atoms with E-state index in [2.05, 4.69) is 48.5 Å². The largest absolute Gasteiger partial charge is 0.494 e. The summed E-state index contributed by atoms with van der Waals surface area (Å²) in [6.07, 6.45) is 11.7. The van der Waals surface area contributed by atoms with Crippen molar-refractivity contribution in [2.24, 2.45) is 5.92 Å². The van der Waals surface area contributed by atoms with Gasteiger partial charge in [-0.1, -0.05) is 42.8 Å². The Morgan fingerprint density at radius 3 is 2.03 bits per heavy atom. The molecule has 0 radical (unpaired) electrons. The number of ether oxygens (including phenoxy) is 3. The van der Waals surface area contributed by atoms with Crippen LogP contribution in [0.3, 0.4) is 0 Å². The predicted molar refractivity (Wildman–Crippen MR) is 133 cm³/mol. The van der Waals surface area contributed by atoms with E-state index in [1.165, 1.54) is 48.8 Å². The first-order chi connectivity index (χ1) is 16.3. The van der Waals surface area contributed by atoms with E-state index in [0.717, 1.165) is 63.6 Å². The molecular formula is C29H40O4. The molecule has 1 aliphatic carbocycles. The highest BCUT2D eigenvalue weighted by Crippen LogP contribution is 2.38. The summed E-state index contributed by atoms with van der Waals surface area (Å²) in [4.78, 5) is 0. The number of unbranched alkanes of at least 4 members (excludes halogenated alkanes) is 3. The van der Waals surface area contributed by atoms with Crippen LogP contribution in [0.5, 0.6) is 5.75 Å². The third-order valence-corrected chi connectivity index (χ3v) is 7.24. The fourth-order valence-corrected chi connectivity index (χ4v) is 5.18. The lowest BCUT2D eigenvalue weighted by Gasteiger charge is -2.29. The molecular weight excluding hydrogens is 412 g/mol. The highest BCUT2D eigenvalue weighted by atomic mass is 16.7. The van der Waals surface area contributed by atoms with Crippen LogP contribution in [0, 0.1) is 5.92 Å². The van der Waals surface area contributed by atoms with Gasteiger partial charge in [-0.25, -0.2) is 0 Å². The molecule has 4 heteroatoms. The Hall–Kier alpha value is -1.88. The van der Waals surface area contributed by atoms with E-state index in [1.54, 1.807) is 0 Å². The molecule has 2 aromatic carbocycles. The van der Waals surface area contributed by atoms with E-state index in [4.69, 9.17) is 19.3 Å². The minimum Gasteiger partial charge on any atom is -0.494 e. The van der Waals surface area contributed by atoms with Gasteiger partial charge in [0.05, 0.1) is 19.8 Å². The van der Waals surface area contributed by atoms with Crippen molar-refractivity contribution in [1.29, 1.82) is 0 Å². The number of rotatable bonds is 12. The molecule has 0 amide bonds. The molecule has 1 saturated heterocycles. The summed E-state index contributed by atoms with van der Waals surface area (Å²) in [7, 11) is 0. The molecule has 0 bridgehead atoms. The van der Waals surface area contributed by atoms with E-state index in [-0.39, 0.29) is 12.9 Å². The predicted octanol–water partition coefficient (Wildman–Crippen LogP) is 6.71.